The highest BCUT2D eigenvalue weighted by Crippen LogP contribution is 2.30. The molecule has 0 fully saturated rings. The normalized spacial score (nSPS) is 16.6. The second-order valence-electron chi connectivity index (χ2n) is 5.16. The summed E-state index contributed by atoms with van der Waals surface area (Å²) in [6.45, 7) is 0.125. The van der Waals surface area contributed by atoms with Gasteiger partial charge in [-0.25, -0.2) is 0 Å². The van der Waals surface area contributed by atoms with Crippen molar-refractivity contribution in [3.8, 4) is 5.75 Å². The Kier molecular flexibility index (Phi) is 3.94. The monoisotopic (exact) mass is 322 g/mol. The average Bonchev–Trinajstić information content (AvgIpc) is 2.94. The van der Waals surface area contributed by atoms with Crippen LogP contribution in [0.25, 0.3) is 0 Å². The number of nitrogens with zero attached hydrogens (tertiary/aromatic N) is 1. The van der Waals surface area contributed by atoms with E-state index in [9.17, 15) is 18.0 Å². The summed E-state index contributed by atoms with van der Waals surface area (Å²) in [5.41, 5.74) is -0.659. The molecular formula is C16H13F3N2O2. The van der Waals surface area contributed by atoms with Gasteiger partial charge in [0.05, 0.1) is 12.1 Å². The fourth-order valence-corrected chi connectivity index (χ4v) is 2.48. The Balaban J connectivity index is 1.66. The molecule has 1 aromatic heterocycles. The number of halogens is 3. The van der Waals surface area contributed by atoms with Crippen LogP contribution in [0.15, 0.2) is 42.6 Å². The second-order valence-corrected chi connectivity index (χ2v) is 5.16. The molecule has 23 heavy (non-hydrogen) atoms. The maximum Gasteiger partial charge on any atom is 0.434 e. The Hall–Kier alpha value is -2.57. The fourth-order valence-electron chi connectivity index (χ4n) is 2.48. The van der Waals surface area contributed by atoms with Crippen LogP contribution in [0.4, 0.5) is 13.2 Å². The zero-order valence-electron chi connectivity index (χ0n) is 11.9. The molecule has 0 aliphatic carbocycles. The molecule has 4 nitrogen and oxygen atoms in total. The number of hydrogen-bond donors (Lipinski definition) is 1. The van der Waals surface area contributed by atoms with E-state index in [1.54, 1.807) is 0 Å². The zero-order valence-corrected chi connectivity index (χ0v) is 11.9. The fraction of sp³-hybridized carbons (Fsp3) is 0.250. The number of aromatic nitrogens is 1. The van der Waals surface area contributed by atoms with Gasteiger partial charge in [0, 0.05) is 12.6 Å². The van der Waals surface area contributed by atoms with Gasteiger partial charge in [-0.2, -0.15) is 13.2 Å². The van der Waals surface area contributed by atoms with E-state index in [0.29, 0.717) is 6.42 Å². The minimum atomic E-state index is -4.67. The van der Waals surface area contributed by atoms with Crippen LogP contribution in [0.2, 0.25) is 0 Å². The van der Waals surface area contributed by atoms with E-state index in [2.05, 4.69) is 10.3 Å². The maximum absolute atomic E-state index is 12.9. The van der Waals surface area contributed by atoms with Crippen molar-refractivity contribution >= 4 is 5.91 Å². The molecule has 1 aromatic carbocycles. The van der Waals surface area contributed by atoms with Gasteiger partial charge in [-0.3, -0.25) is 9.78 Å². The molecule has 0 saturated carbocycles. The molecule has 2 heterocycles. The van der Waals surface area contributed by atoms with E-state index in [1.807, 2.05) is 24.3 Å². The third-order valence-electron chi connectivity index (χ3n) is 3.52. The number of amides is 1. The van der Waals surface area contributed by atoms with Crippen molar-refractivity contribution in [3.63, 3.8) is 0 Å². The first-order valence-corrected chi connectivity index (χ1v) is 7.00. The van der Waals surface area contributed by atoms with Crippen LogP contribution in [-0.2, 0) is 12.6 Å². The van der Waals surface area contributed by atoms with Crippen molar-refractivity contribution in [2.24, 2.45) is 0 Å². The number of benzene rings is 1. The summed E-state index contributed by atoms with van der Waals surface area (Å²) in [6.07, 6.45) is -3.35. The standard InChI is InChI=1S/C16H13F3N2O2/c17-16(18,19)14-12(5-3-7-20-14)15(22)21-9-11-8-10-4-1-2-6-13(10)23-11/h1-7,11H,8-9H2,(H,21,22)/t11-/m0/s1. The summed E-state index contributed by atoms with van der Waals surface area (Å²) >= 11 is 0. The molecule has 3 rings (SSSR count). The lowest BCUT2D eigenvalue weighted by molar-refractivity contribution is -0.141. The molecule has 1 atom stereocenters. The SMILES string of the molecule is O=C(NC[C@@H]1Cc2ccccc2O1)c1cccnc1C(F)(F)F. The predicted molar refractivity (Wildman–Crippen MR) is 76.1 cm³/mol. The second kappa shape index (κ2) is 5.91. The largest absolute Gasteiger partial charge is 0.488 e. The molecule has 1 aliphatic rings. The van der Waals surface area contributed by atoms with E-state index < -0.39 is 23.3 Å². The van der Waals surface area contributed by atoms with Crippen LogP contribution in [0.3, 0.4) is 0 Å². The van der Waals surface area contributed by atoms with Gasteiger partial charge in [0.15, 0.2) is 5.69 Å². The average molecular weight is 322 g/mol. The summed E-state index contributed by atoms with van der Waals surface area (Å²) in [5.74, 6) is -0.0749. The Labute approximate surface area is 130 Å². The molecule has 2 aromatic rings. The van der Waals surface area contributed by atoms with E-state index in [-0.39, 0.29) is 12.6 Å². The number of para-hydroxylation sites is 1. The van der Waals surface area contributed by atoms with E-state index in [0.717, 1.165) is 23.6 Å². The quantitative estimate of drug-likeness (QED) is 0.945. The van der Waals surface area contributed by atoms with Crippen LogP contribution in [0.5, 0.6) is 5.75 Å². The Morgan fingerprint density at radius 1 is 1.26 bits per heavy atom. The lowest BCUT2D eigenvalue weighted by atomic mass is 10.1. The summed E-state index contributed by atoms with van der Waals surface area (Å²) < 4.78 is 44.2. The lowest BCUT2D eigenvalue weighted by Crippen LogP contribution is -2.35. The van der Waals surface area contributed by atoms with Gasteiger partial charge in [-0.15, -0.1) is 0 Å². The number of ether oxygens (including phenoxy) is 1. The number of carbonyl (C=O) groups excluding carboxylic acids is 1. The number of carbonyl (C=O) groups is 1. The highest BCUT2D eigenvalue weighted by molar-refractivity contribution is 5.95. The smallest absolute Gasteiger partial charge is 0.434 e. The van der Waals surface area contributed by atoms with Crippen molar-refractivity contribution in [3.05, 3.63) is 59.4 Å². The molecule has 120 valence electrons. The molecule has 7 heteroatoms. The van der Waals surface area contributed by atoms with Gasteiger partial charge < -0.3 is 10.1 Å². The van der Waals surface area contributed by atoms with Crippen molar-refractivity contribution in [1.82, 2.24) is 10.3 Å². The zero-order chi connectivity index (χ0) is 16.4. The molecular weight excluding hydrogens is 309 g/mol. The van der Waals surface area contributed by atoms with Crippen LogP contribution in [-0.4, -0.2) is 23.5 Å². The molecule has 0 spiro atoms. The van der Waals surface area contributed by atoms with Gasteiger partial charge in [0.2, 0.25) is 0 Å². The van der Waals surface area contributed by atoms with E-state index >= 15 is 0 Å². The number of hydrogen-bond acceptors (Lipinski definition) is 3. The molecule has 0 unspecified atom stereocenters. The molecule has 1 N–H and O–H groups in total. The number of pyridine rings is 1. The number of alkyl halides is 3. The number of nitrogens with one attached hydrogen (secondary N) is 1. The van der Waals surface area contributed by atoms with Crippen molar-refractivity contribution in [1.29, 1.82) is 0 Å². The molecule has 0 saturated heterocycles. The first kappa shape index (κ1) is 15.3. The molecule has 1 amide bonds. The van der Waals surface area contributed by atoms with Gasteiger partial charge in [0.1, 0.15) is 11.9 Å². The van der Waals surface area contributed by atoms with Gasteiger partial charge in [-0.05, 0) is 23.8 Å². The molecule has 0 radical (unpaired) electrons. The van der Waals surface area contributed by atoms with Crippen LogP contribution < -0.4 is 10.1 Å². The van der Waals surface area contributed by atoms with Crippen molar-refractivity contribution < 1.29 is 22.7 Å². The Morgan fingerprint density at radius 3 is 2.78 bits per heavy atom. The van der Waals surface area contributed by atoms with Crippen LogP contribution in [0, 0.1) is 0 Å². The Bertz CT molecular complexity index is 706. The van der Waals surface area contributed by atoms with Crippen molar-refractivity contribution in [2.45, 2.75) is 18.7 Å². The maximum atomic E-state index is 12.9. The summed E-state index contributed by atoms with van der Waals surface area (Å²) in [7, 11) is 0. The molecule has 0 bridgehead atoms. The first-order valence-electron chi connectivity index (χ1n) is 7.00. The van der Waals surface area contributed by atoms with Crippen LogP contribution in [0.1, 0.15) is 21.6 Å². The summed E-state index contributed by atoms with van der Waals surface area (Å²) in [4.78, 5) is 15.3. The van der Waals surface area contributed by atoms with E-state index in [1.165, 1.54) is 6.07 Å². The van der Waals surface area contributed by atoms with Crippen LogP contribution >= 0.6 is 0 Å². The summed E-state index contributed by atoms with van der Waals surface area (Å²) in [6, 6.07) is 9.86. The highest BCUT2D eigenvalue weighted by atomic mass is 19.4. The lowest BCUT2D eigenvalue weighted by Gasteiger charge is -2.14. The van der Waals surface area contributed by atoms with Crippen molar-refractivity contribution in [2.75, 3.05) is 6.54 Å². The number of fused-ring (bicyclic) bond motifs is 1. The van der Waals surface area contributed by atoms with Gasteiger partial charge in [-0.1, -0.05) is 18.2 Å². The van der Waals surface area contributed by atoms with E-state index in [4.69, 9.17) is 4.74 Å². The minimum absolute atomic E-state index is 0.125. The molecule has 1 aliphatic heterocycles. The number of rotatable bonds is 3. The topological polar surface area (TPSA) is 51.2 Å². The highest BCUT2D eigenvalue weighted by Gasteiger charge is 2.37. The predicted octanol–water partition coefficient (Wildman–Crippen LogP) is 2.83. The van der Waals surface area contributed by atoms with Gasteiger partial charge in [0.25, 0.3) is 5.91 Å². The minimum Gasteiger partial charge on any atom is -0.488 e. The van der Waals surface area contributed by atoms with Gasteiger partial charge >= 0.3 is 6.18 Å². The third-order valence-corrected chi connectivity index (χ3v) is 3.52. The third kappa shape index (κ3) is 3.28. The Morgan fingerprint density at radius 2 is 2.04 bits per heavy atom. The first-order chi connectivity index (χ1) is 10.9. The summed E-state index contributed by atoms with van der Waals surface area (Å²) in [5, 5.41) is 2.48.